The second-order valence-electron chi connectivity index (χ2n) is 2.09. The van der Waals surface area contributed by atoms with Gasteiger partial charge in [-0.25, -0.2) is 0 Å². The molecule has 11 heavy (non-hydrogen) atoms. The minimum Gasteiger partial charge on any atom is -0.424 e. The summed E-state index contributed by atoms with van der Waals surface area (Å²) in [5.41, 5.74) is 0.598. The molecule has 0 unspecified atom stereocenters. The summed E-state index contributed by atoms with van der Waals surface area (Å²) in [7, 11) is 0.302. The molecule has 0 saturated heterocycles. The van der Waals surface area contributed by atoms with Gasteiger partial charge in [-0.1, -0.05) is 11.2 Å². The van der Waals surface area contributed by atoms with Gasteiger partial charge in [0.05, 0.1) is 6.20 Å². The van der Waals surface area contributed by atoms with Gasteiger partial charge in [0.1, 0.15) is 5.69 Å². The van der Waals surface area contributed by atoms with Crippen molar-refractivity contribution in [3.63, 3.8) is 0 Å². The minimum absolute atomic E-state index is 0.598. The SMILES string of the molecule is Cn1cc(/C=C/B(O)O)nn1. The van der Waals surface area contributed by atoms with Gasteiger partial charge in [0, 0.05) is 7.05 Å². The third kappa shape index (κ3) is 2.52. The van der Waals surface area contributed by atoms with Gasteiger partial charge in [-0.15, -0.1) is 5.10 Å². The highest BCUT2D eigenvalue weighted by Gasteiger charge is 1.99. The van der Waals surface area contributed by atoms with Crippen molar-refractivity contribution in [3.8, 4) is 0 Å². The maximum absolute atomic E-state index is 8.43. The van der Waals surface area contributed by atoms with Crippen molar-refractivity contribution in [2.45, 2.75) is 0 Å². The molecule has 0 aliphatic heterocycles. The van der Waals surface area contributed by atoms with Crippen LogP contribution in [0.5, 0.6) is 0 Å². The van der Waals surface area contributed by atoms with Gasteiger partial charge in [-0.05, 0) is 6.08 Å². The zero-order valence-electron chi connectivity index (χ0n) is 6.05. The summed E-state index contributed by atoms with van der Waals surface area (Å²) >= 11 is 0. The summed E-state index contributed by atoms with van der Waals surface area (Å²) in [6.07, 6.45) is 3.15. The van der Waals surface area contributed by atoms with Crippen molar-refractivity contribution in [1.82, 2.24) is 15.0 Å². The molecular weight excluding hydrogens is 145 g/mol. The quantitative estimate of drug-likeness (QED) is 0.525. The van der Waals surface area contributed by atoms with E-state index in [4.69, 9.17) is 10.0 Å². The number of hydrogen-bond acceptors (Lipinski definition) is 4. The summed E-state index contributed by atoms with van der Waals surface area (Å²) in [5, 5.41) is 24.2. The van der Waals surface area contributed by atoms with Crippen LogP contribution < -0.4 is 0 Å². The van der Waals surface area contributed by atoms with E-state index in [9.17, 15) is 0 Å². The molecule has 0 aromatic carbocycles. The van der Waals surface area contributed by atoms with Crippen LogP contribution in [0.15, 0.2) is 12.2 Å². The first-order valence-corrected chi connectivity index (χ1v) is 3.09. The van der Waals surface area contributed by atoms with Gasteiger partial charge in [0.15, 0.2) is 0 Å². The highest BCUT2D eigenvalue weighted by molar-refractivity contribution is 6.48. The molecule has 1 rings (SSSR count). The highest BCUT2D eigenvalue weighted by Crippen LogP contribution is 1.93. The number of nitrogens with zero attached hydrogens (tertiary/aromatic N) is 3. The van der Waals surface area contributed by atoms with Crippen LogP contribution in [0, 0.1) is 0 Å². The third-order valence-corrected chi connectivity index (χ3v) is 1.06. The molecule has 2 N–H and O–H groups in total. The second-order valence-corrected chi connectivity index (χ2v) is 2.09. The van der Waals surface area contributed by atoms with E-state index in [1.54, 1.807) is 13.2 Å². The Morgan fingerprint density at radius 1 is 1.64 bits per heavy atom. The number of hydrogen-bond donors (Lipinski definition) is 2. The Morgan fingerprint density at radius 2 is 2.36 bits per heavy atom. The van der Waals surface area contributed by atoms with Crippen LogP contribution in [0.1, 0.15) is 5.69 Å². The lowest BCUT2D eigenvalue weighted by atomic mass is 9.91. The Hall–Kier alpha value is -1.14. The molecule has 0 saturated carbocycles. The molecule has 0 radical (unpaired) electrons. The van der Waals surface area contributed by atoms with E-state index in [0.717, 1.165) is 0 Å². The van der Waals surface area contributed by atoms with Gasteiger partial charge >= 0.3 is 7.12 Å². The van der Waals surface area contributed by atoms with E-state index in [2.05, 4.69) is 10.3 Å². The second kappa shape index (κ2) is 3.31. The van der Waals surface area contributed by atoms with E-state index < -0.39 is 7.12 Å². The fourth-order valence-corrected chi connectivity index (χ4v) is 0.626. The molecule has 1 heterocycles. The van der Waals surface area contributed by atoms with E-state index >= 15 is 0 Å². The van der Waals surface area contributed by atoms with Crippen LogP contribution >= 0.6 is 0 Å². The molecule has 0 aliphatic rings. The molecule has 0 aliphatic carbocycles. The molecule has 1 aromatic heterocycles. The van der Waals surface area contributed by atoms with Crippen LogP contribution in [0.4, 0.5) is 0 Å². The summed E-state index contributed by atoms with van der Waals surface area (Å²) in [5.74, 6) is 1.21. The molecule has 0 spiro atoms. The Balaban J connectivity index is 2.64. The average molecular weight is 153 g/mol. The first kappa shape index (κ1) is 7.97. The van der Waals surface area contributed by atoms with Crippen LogP contribution in [0.3, 0.4) is 0 Å². The molecule has 5 nitrogen and oxygen atoms in total. The molecule has 58 valence electrons. The Kier molecular flexibility index (Phi) is 2.40. The molecule has 0 bridgehead atoms. The predicted molar refractivity (Wildman–Crippen MR) is 40.2 cm³/mol. The lowest BCUT2D eigenvalue weighted by Gasteiger charge is -1.83. The van der Waals surface area contributed by atoms with Crippen molar-refractivity contribution in [2.75, 3.05) is 0 Å². The highest BCUT2D eigenvalue weighted by atomic mass is 16.4. The van der Waals surface area contributed by atoms with Gasteiger partial charge in [-0.3, -0.25) is 4.68 Å². The van der Waals surface area contributed by atoms with Crippen LogP contribution in [0.2, 0.25) is 0 Å². The van der Waals surface area contributed by atoms with Crippen LogP contribution in [-0.2, 0) is 7.05 Å². The summed E-state index contributed by atoms with van der Waals surface area (Å²) in [6, 6.07) is 0. The molecular formula is C5H8BN3O2. The van der Waals surface area contributed by atoms with E-state index in [1.807, 2.05) is 0 Å². The topological polar surface area (TPSA) is 71.2 Å². The predicted octanol–water partition coefficient (Wildman–Crippen LogP) is -1.16. The number of rotatable bonds is 2. The zero-order valence-corrected chi connectivity index (χ0v) is 6.05. The van der Waals surface area contributed by atoms with Crippen molar-refractivity contribution < 1.29 is 10.0 Å². The first-order valence-electron chi connectivity index (χ1n) is 3.09. The van der Waals surface area contributed by atoms with Gasteiger partial charge in [0.25, 0.3) is 0 Å². The van der Waals surface area contributed by atoms with Crippen molar-refractivity contribution in [1.29, 1.82) is 0 Å². The monoisotopic (exact) mass is 153 g/mol. The van der Waals surface area contributed by atoms with Gasteiger partial charge in [0.2, 0.25) is 0 Å². The fourth-order valence-electron chi connectivity index (χ4n) is 0.626. The molecule has 1 aromatic rings. The Bertz CT molecular complexity index is 258. The van der Waals surface area contributed by atoms with Crippen LogP contribution in [-0.4, -0.2) is 32.2 Å². The first-order chi connectivity index (χ1) is 5.18. The maximum atomic E-state index is 8.43. The number of aryl methyl sites for hydroxylation is 1. The average Bonchev–Trinajstić information content (AvgIpc) is 2.31. The third-order valence-electron chi connectivity index (χ3n) is 1.06. The largest absolute Gasteiger partial charge is 0.480 e. The Labute approximate surface area is 64.1 Å². The summed E-state index contributed by atoms with van der Waals surface area (Å²) < 4.78 is 1.53. The lowest BCUT2D eigenvalue weighted by molar-refractivity contribution is 0.424. The van der Waals surface area contributed by atoms with E-state index in [0.29, 0.717) is 5.69 Å². The van der Waals surface area contributed by atoms with Gasteiger partial charge in [-0.2, -0.15) is 0 Å². The van der Waals surface area contributed by atoms with E-state index in [-0.39, 0.29) is 0 Å². The Morgan fingerprint density at radius 3 is 2.82 bits per heavy atom. The fraction of sp³-hybridized carbons (Fsp3) is 0.200. The standard InChI is InChI=1S/C5H8BN3O2/c1-9-4-5(7-8-9)2-3-6(10)11/h2-4,10-11H,1H3/b3-2+. The van der Waals surface area contributed by atoms with Crippen molar-refractivity contribution in [2.24, 2.45) is 7.05 Å². The maximum Gasteiger partial charge on any atom is 0.480 e. The number of aromatic nitrogens is 3. The lowest BCUT2D eigenvalue weighted by Crippen LogP contribution is -2.05. The smallest absolute Gasteiger partial charge is 0.424 e. The molecule has 0 amide bonds. The van der Waals surface area contributed by atoms with Crippen molar-refractivity contribution in [3.05, 3.63) is 17.9 Å². The molecule has 0 atom stereocenters. The zero-order chi connectivity index (χ0) is 8.27. The van der Waals surface area contributed by atoms with E-state index in [1.165, 1.54) is 16.7 Å². The van der Waals surface area contributed by atoms with Gasteiger partial charge < -0.3 is 10.0 Å². The van der Waals surface area contributed by atoms with Crippen molar-refractivity contribution >= 4 is 13.2 Å². The minimum atomic E-state index is -1.43. The molecule has 0 fully saturated rings. The summed E-state index contributed by atoms with van der Waals surface area (Å²) in [6.45, 7) is 0. The normalized spacial score (nSPS) is 10.8. The van der Waals surface area contributed by atoms with Crippen LogP contribution in [0.25, 0.3) is 6.08 Å². The summed E-state index contributed by atoms with van der Waals surface area (Å²) in [4.78, 5) is 0. The molecule has 6 heteroatoms.